The Kier molecular flexibility index (Phi) is 8.30. The van der Waals surface area contributed by atoms with Crippen molar-refractivity contribution < 1.29 is 14.3 Å². The highest BCUT2D eigenvalue weighted by atomic mass is 35.5. The first kappa shape index (κ1) is 27.9. The minimum Gasteiger partial charge on any atom is -0.472 e. The number of carbonyl (C=O) groups excluding carboxylic acids is 1. The molecular formula is C27H31Cl2N5O4. The van der Waals surface area contributed by atoms with E-state index in [2.05, 4.69) is 15.1 Å². The van der Waals surface area contributed by atoms with E-state index in [0.717, 1.165) is 35.7 Å². The molecule has 5 heterocycles. The predicted molar refractivity (Wildman–Crippen MR) is 150 cm³/mol. The Morgan fingerprint density at radius 3 is 2.68 bits per heavy atom. The van der Waals surface area contributed by atoms with Crippen molar-refractivity contribution in [3.63, 3.8) is 0 Å². The summed E-state index contributed by atoms with van der Waals surface area (Å²) in [5.41, 5.74) is 2.71. The number of likely N-dealkylation sites (tertiary alicyclic amines) is 1. The molecule has 0 spiro atoms. The van der Waals surface area contributed by atoms with Crippen LogP contribution in [0.1, 0.15) is 48.7 Å². The Balaban J connectivity index is 0.00000168. The Morgan fingerprint density at radius 1 is 1.16 bits per heavy atom. The van der Waals surface area contributed by atoms with Crippen LogP contribution < -0.4 is 10.3 Å². The van der Waals surface area contributed by atoms with E-state index >= 15 is 0 Å². The Bertz CT molecular complexity index is 1510. The molecule has 202 valence electrons. The van der Waals surface area contributed by atoms with Gasteiger partial charge in [0, 0.05) is 49.4 Å². The number of carbonyl (C=O) groups is 1. The molecule has 1 amide bonds. The number of nitrogens with one attached hydrogen (secondary N) is 1. The molecule has 2 fully saturated rings. The van der Waals surface area contributed by atoms with Gasteiger partial charge in [-0.1, -0.05) is 19.0 Å². The number of nitrogens with zero attached hydrogens (tertiary/aromatic N) is 4. The van der Waals surface area contributed by atoms with Gasteiger partial charge in [0.05, 0.1) is 40.2 Å². The van der Waals surface area contributed by atoms with Crippen molar-refractivity contribution in [3.8, 4) is 5.88 Å². The number of hydrogen-bond donors (Lipinski definition) is 1. The van der Waals surface area contributed by atoms with Crippen LogP contribution in [0.3, 0.4) is 0 Å². The summed E-state index contributed by atoms with van der Waals surface area (Å²) in [6, 6.07) is 7.40. The van der Waals surface area contributed by atoms with Crippen LogP contribution in [0, 0.1) is 6.92 Å². The lowest BCUT2D eigenvalue weighted by Gasteiger charge is -2.23. The summed E-state index contributed by atoms with van der Waals surface area (Å²) in [5.74, 6) is 0.439. The van der Waals surface area contributed by atoms with Crippen molar-refractivity contribution in [1.29, 1.82) is 0 Å². The summed E-state index contributed by atoms with van der Waals surface area (Å²) in [6.07, 6.45) is 5.42. The molecule has 1 atom stereocenters. The molecule has 6 rings (SSSR count). The number of hydrogen-bond acceptors (Lipinski definition) is 6. The second-order valence-electron chi connectivity index (χ2n) is 9.46. The van der Waals surface area contributed by atoms with E-state index in [4.69, 9.17) is 21.1 Å². The molecule has 2 saturated heterocycles. The van der Waals surface area contributed by atoms with Crippen molar-refractivity contribution in [1.82, 2.24) is 24.6 Å². The summed E-state index contributed by atoms with van der Waals surface area (Å²) in [5, 5.41) is 6.47. The van der Waals surface area contributed by atoms with Gasteiger partial charge in [0.15, 0.2) is 0 Å². The fourth-order valence-electron chi connectivity index (χ4n) is 5.21. The second-order valence-corrected chi connectivity index (χ2v) is 9.89. The van der Waals surface area contributed by atoms with Gasteiger partial charge >= 0.3 is 0 Å². The first-order valence-corrected chi connectivity index (χ1v) is 12.5. The van der Waals surface area contributed by atoms with Gasteiger partial charge in [-0.3, -0.25) is 14.3 Å². The van der Waals surface area contributed by atoms with Crippen molar-refractivity contribution >= 4 is 51.7 Å². The van der Waals surface area contributed by atoms with E-state index in [9.17, 15) is 9.59 Å². The van der Waals surface area contributed by atoms with Crippen LogP contribution in [0.5, 0.6) is 5.88 Å². The minimum atomic E-state index is -0.176. The number of halogens is 2. The third kappa shape index (κ3) is 5.10. The van der Waals surface area contributed by atoms with Gasteiger partial charge < -0.3 is 19.4 Å². The van der Waals surface area contributed by atoms with Gasteiger partial charge in [0.2, 0.25) is 5.88 Å². The molecule has 2 aliphatic heterocycles. The van der Waals surface area contributed by atoms with Gasteiger partial charge in [-0.2, -0.15) is 5.10 Å². The summed E-state index contributed by atoms with van der Waals surface area (Å²) >= 11 is 5.91. The molecule has 0 radical (unpaired) electrons. The molecule has 0 aliphatic carbocycles. The van der Waals surface area contributed by atoms with Crippen molar-refractivity contribution in [3.05, 3.63) is 63.2 Å². The lowest BCUT2D eigenvalue weighted by atomic mass is 10.0. The summed E-state index contributed by atoms with van der Waals surface area (Å²) in [7, 11) is 0. The van der Waals surface area contributed by atoms with Gasteiger partial charge in [-0.05, 0) is 43.5 Å². The van der Waals surface area contributed by atoms with Gasteiger partial charge in [0.25, 0.3) is 11.5 Å². The molecule has 38 heavy (non-hydrogen) atoms. The standard InChI is InChI=1S/C26H26ClN5O4.CH4.ClH/c1-15-10-22-20(24-21(25(33)30-22)13-29-32(24)17-5-8-35-9-6-17)11-19(15)26(34)31-7-4-18(14-31)36-23-3-2-16(27)12-28-23;;/h2-3,10-13,17-18H,4-9,14H2,1H3,(H,30,33);1H4;1H/t18-;;/m0../s1. The van der Waals surface area contributed by atoms with E-state index in [1.54, 1.807) is 24.5 Å². The summed E-state index contributed by atoms with van der Waals surface area (Å²) < 4.78 is 13.4. The van der Waals surface area contributed by atoms with E-state index in [-0.39, 0.29) is 43.4 Å². The fourth-order valence-corrected chi connectivity index (χ4v) is 5.32. The molecule has 1 aromatic carbocycles. The molecular weight excluding hydrogens is 529 g/mol. The maximum absolute atomic E-state index is 13.6. The quantitative estimate of drug-likeness (QED) is 0.380. The largest absolute Gasteiger partial charge is 0.472 e. The first-order valence-electron chi connectivity index (χ1n) is 12.2. The predicted octanol–water partition coefficient (Wildman–Crippen LogP) is 4.94. The van der Waals surface area contributed by atoms with Crippen LogP contribution in [0.15, 0.2) is 41.5 Å². The van der Waals surface area contributed by atoms with Crippen LogP contribution in [-0.2, 0) is 4.74 Å². The van der Waals surface area contributed by atoms with Gasteiger partial charge in [-0.25, -0.2) is 4.98 Å². The third-order valence-electron chi connectivity index (χ3n) is 7.09. The molecule has 3 aromatic heterocycles. The topological polar surface area (TPSA) is 102 Å². The number of fused-ring (bicyclic) bond motifs is 3. The third-order valence-corrected chi connectivity index (χ3v) is 7.32. The summed E-state index contributed by atoms with van der Waals surface area (Å²) in [4.78, 5) is 35.4. The van der Waals surface area contributed by atoms with Crippen LogP contribution in [-0.4, -0.2) is 63.0 Å². The van der Waals surface area contributed by atoms with E-state index in [1.165, 1.54) is 0 Å². The second kappa shape index (κ2) is 11.3. The average molecular weight is 560 g/mol. The monoisotopic (exact) mass is 559 g/mol. The molecule has 11 heteroatoms. The van der Waals surface area contributed by atoms with Gasteiger partial charge in [0.1, 0.15) is 6.10 Å². The number of H-pyrrole nitrogens is 1. The zero-order valence-electron chi connectivity index (χ0n) is 20.3. The number of aromatic amines is 1. The number of pyridine rings is 2. The highest BCUT2D eigenvalue weighted by Crippen LogP contribution is 2.30. The number of ether oxygens (including phenoxy) is 2. The van der Waals surface area contributed by atoms with E-state index in [1.807, 2.05) is 28.6 Å². The zero-order valence-corrected chi connectivity index (χ0v) is 21.8. The maximum Gasteiger partial charge on any atom is 0.259 e. The van der Waals surface area contributed by atoms with Crippen LogP contribution in [0.25, 0.3) is 21.8 Å². The highest BCUT2D eigenvalue weighted by molar-refractivity contribution is 6.30. The normalized spacial score (nSPS) is 17.8. The molecule has 9 nitrogen and oxygen atoms in total. The molecule has 0 bridgehead atoms. The maximum atomic E-state index is 13.6. The van der Waals surface area contributed by atoms with E-state index in [0.29, 0.717) is 53.7 Å². The molecule has 1 N–H and O–H groups in total. The Labute approximate surface area is 231 Å². The number of aromatic nitrogens is 4. The molecule has 0 unspecified atom stereocenters. The SMILES string of the molecule is C.Cc1cc2[nH]c(=O)c3cnn(C4CCOCC4)c3c2cc1C(=O)N1CC[C@H](Oc2ccc(Cl)cn2)C1.Cl. The summed E-state index contributed by atoms with van der Waals surface area (Å²) in [6.45, 7) is 4.29. The lowest BCUT2D eigenvalue weighted by molar-refractivity contribution is 0.0675. The molecule has 0 saturated carbocycles. The van der Waals surface area contributed by atoms with Gasteiger partial charge in [-0.15, -0.1) is 12.4 Å². The number of aryl methyl sites for hydroxylation is 1. The zero-order chi connectivity index (χ0) is 24.8. The first-order chi connectivity index (χ1) is 17.5. The average Bonchev–Trinajstić information content (AvgIpc) is 3.54. The minimum absolute atomic E-state index is 0. The number of amides is 1. The smallest absolute Gasteiger partial charge is 0.259 e. The molecule has 2 aliphatic rings. The van der Waals surface area contributed by atoms with Crippen LogP contribution >= 0.6 is 24.0 Å². The van der Waals surface area contributed by atoms with Crippen molar-refractivity contribution in [2.45, 2.75) is 45.8 Å². The van der Waals surface area contributed by atoms with Crippen molar-refractivity contribution in [2.75, 3.05) is 26.3 Å². The van der Waals surface area contributed by atoms with Crippen LogP contribution in [0.2, 0.25) is 5.02 Å². The molecule has 4 aromatic rings. The highest BCUT2D eigenvalue weighted by Gasteiger charge is 2.30. The lowest BCUT2D eigenvalue weighted by Crippen LogP contribution is -2.31. The van der Waals surface area contributed by atoms with Crippen molar-refractivity contribution in [2.24, 2.45) is 0 Å². The van der Waals surface area contributed by atoms with Crippen LogP contribution in [0.4, 0.5) is 0 Å². The fraction of sp³-hybridized carbons (Fsp3) is 0.407. The van der Waals surface area contributed by atoms with E-state index < -0.39 is 0 Å². The number of benzene rings is 1. The Morgan fingerprint density at radius 2 is 1.95 bits per heavy atom. The Hall–Kier alpha value is -3.14. The number of rotatable bonds is 4.